The minimum atomic E-state index is -2.86. The van der Waals surface area contributed by atoms with Gasteiger partial charge in [0.2, 0.25) is 0 Å². The normalized spacial score (nSPS) is 22.6. The number of nitrogens with two attached hydrogens (primary N) is 1. The number of thiophene rings is 1. The molecule has 2 heterocycles. The Balaban J connectivity index is 2.13. The maximum Gasteiger partial charge on any atom is 0.151 e. The molecule has 1 saturated heterocycles. The number of halogens is 1. The molecule has 102 valence electrons. The van der Waals surface area contributed by atoms with Crippen LogP contribution in [0.3, 0.4) is 0 Å². The third kappa shape index (κ3) is 3.54. The highest BCUT2D eigenvalue weighted by molar-refractivity contribution is 9.11. The van der Waals surface area contributed by atoms with Gasteiger partial charge in [-0.3, -0.25) is 4.90 Å². The van der Waals surface area contributed by atoms with E-state index >= 15 is 0 Å². The maximum atomic E-state index is 11.6. The highest BCUT2D eigenvalue weighted by atomic mass is 79.9. The molecule has 0 saturated carbocycles. The Labute approximate surface area is 120 Å². The summed E-state index contributed by atoms with van der Waals surface area (Å²) in [6, 6.07) is 4.21. The summed E-state index contributed by atoms with van der Waals surface area (Å²) in [6.45, 7) is 1.91. The third-order valence-corrected chi connectivity index (χ3v) is 6.62. The van der Waals surface area contributed by atoms with Crippen LogP contribution in [-0.4, -0.2) is 44.5 Å². The van der Waals surface area contributed by atoms with Gasteiger partial charge in [0.05, 0.1) is 21.3 Å². The van der Waals surface area contributed by atoms with E-state index in [0.29, 0.717) is 25.3 Å². The first-order valence-electron chi connectivity index (χ1n) is 5.91. The lowest BCUT2D eigenvalue weighted by atomic mass is 10.2. The van der Waals surface area contributed by atoms with Crippen LogP contribution in [0.4, 0.5) is 0 Å². The third-order valence-electron chi connectivity index (χ3n) is 3.18. The zero-order valence-corrected chi connectivity index (χ0v) is 13.2. The molecule has 0 bridgehead atoms. The smallest absolute Gasteiger partial charge is 0.151 e. The van der Waals surface area contributed by atoms with Gasteiger partial charge in [-0.05, 0) is 41.0 Å². The molecule has 0 spiro atoms. The molecule has 18 heavy (non-hydrogen) atoms. The van der Waals surface area contributed by atoms with Crippen molar-refractivity contribution in [3.05, 3.63) is 20.8 Å². The predicted octanol–water partition coefficient (Wildman–Crippen LogP) is 1.63. The summed E-state index contributed by atoms with van der Waals surface area (Å²) < 4.78 is 24.3. The van der Waals surface area contributed by atoms with Crippen LogP contribution in [0.25, 0.3) is 0 Å². The van der Waals surface area contributed by atoms with E-state index in [1.54, 1.807) is 11.3 Å². The van der Waals surface area contributed by atoms with E-state index in [2.05, 4.69) is 26.9 Å². The summed E-state index contributed by atoms with van der Waals surface area (Å²) in [7, 11) is -2.86. The quantitative estimate of drug-likeness (QED) is 0.897. The van der Waals surface area contributed by atoms with Crippen LogP contribution in [0.2, 0.25) is 0 Å². The molecule has 1 unspecified atom stereocenters. The molecule has 1 fully saturated rings. The highest BCUT2D eigenvalue weighted by Gasteiger charge is 2.25. The lowest BCUT2D eigenvalue weighted by Crippen LogP contribution is -2.35. The molecule has 0 aliphatic carbocycles. The van der Waals surface area contributed by atoms with Gasteiger partial charge in [0.15, 0.2) is 9.84 Å². The second-order valence-electron chi connectivity index (χ2n) is 4.43. The molecule has 7 heteroatoms. The Kier molecular flexibility index (Phi) is 4.82. The van der Waals surface area contributed by atoms with Crippen molar-refractivity contribution < 1.29 is 8.42 Å². The van der Waals surface area contributed by atoms with Crippen LogP contribution in [0, 0.1) is 0 Å². The largest absolute Gasteiger partial charge is 0.329 e. The van der Waals surface area contributed by atoms with Crippen LogP contribution in [0.15, 0.2) is 15.9 Å². The number of hydrogen-bond donors (Lipinski definition) is 1. The first-order chi connectivity index (χ1) is 8.52. The molecular formula is C11H17BrN2O2S2. The molecule has 1 aromatic heterocycles. The molecule has 0 radical (unpaired) electrons. The van der Waals surface area contributed by atoms with Crippen molar-refractivity contribution in [1.29, 1.82) is 0 Å². The van der Waals surface area contributed by atoms with Gasteiger partial charge >= 0.3 is 0 Å². The zero-order chi connectivity index (χ0) is 13.2. The molecule has 1 aromatic rings. The fraction of sp³-hybridized carbons (Fsp3) is 0.636. The molecule has 1 aliphatic heterocycles. The van der Waals surface area contributed by atoms with E-state index in [1.165, 1.54) is 4.88 Å². The summed E-state index contributed by atoms with van der Waals surface area (Å²) in [5, 5.41) is 0. The first-order valence-corrected chi connectivity index (χ1v) is 9.35. The van der Waals surface area contributed by atoms with Crippen molar-refractivity contribution in [3.63, 3.8) is 0 Å². The summed E-state index contributed by atoms with van der Waals surface area (Å²) in [4.78, 5) is 3.40. The van der Waals surface area contributed by atoms with Gasteiger partial charge in [0.25, 0.3) is 0 Å². The van der Waals surface area contributed by atoms with Crippen LogP contribution < -0.4 is 5.73 Å². The van der Waals surface area contributed by atoms with Crippen molar-refractivity contribution >= 4 is 37.1 Å². The number of sulfone groups is 1. The molecule has 1 aliphatic rings. The Morgan fingerprint density at radius 2 is 2.17 bits per heavy atom. The van der Waals surface area contributed by atoms with Crippen molar-refractivity contribution in [2.45, 2.75) is 12.5 Å². The van der Waals surface area contributed by atoms with E-state index in [4.69, 9.17) is 5.73 Å². The monoisotopic (exact) mass is 352 g/mol. The number of hydrogen-bond acceptors (Lipinski definition) is 5. The van der Waals surface area contributed by atoms with Gasteiger partial charge in [-0.1, -0.05) is 0 Å². The average molecular weight is 353 g/mol. The topological polar surface area (TPSA) is 63.4 Å². The van der Waals surface area contributed by atoms with Crippen molar-refractivity contribution in [1.82, 2.24) is 4.90 Å². The Morgan fingerprint density at radius 3 is 2.78 bits per heavy atom. The van der Waals surface area contributed by atoms with E-state index in [0.717, 1.165) is 10.3 Å². The van der Waals surface area contributed by atoms with Crippen molar-refractivity contribution in [3.8, 4) is 0 Å². The first kappa shape index (κ1) is 14.5. The minimum absolute atomic E-state index is 0.134. The highest BCUT2D eigenvalue weighted by Crippen LogP contribution is 2.30. The molecule has 1 atom stereocenters. The molecule has 2 rings (SSSR count). The van der Waals surface area contributed by atoms with Crippen LogP contribution in [0.1, 0.15) is 17.3 Å². The van der Waals surface area contributed by atoms with E-state index in [1.807, 2.05) is 6.07 Å². The van der Waals surface area contributed by atoms with Crippen LogP contribution in [0.5, 0.6) is 0 Å². The lowest BCUT2D eigenvalue weighted by molar-refractivity contribution is 0.221. The fourth-order valence-electron chi connectivity index (χ4n) is 2.22. The van der Waals surface area contributed by atoms with Crippen molar-refractivity contribution in [2.24, 2.45) is 5.73 Å². The SMILES string of the molecule is NCC(c1ccc(Br)s1)N1CCCS(=O)(=O)CC1. The predicted molar refractivity (Wildman–Crippen MR) is 78.7 cm³/mol. The Bertz CT molecular complexity index is 501. The molecule has 0 aromatic carbocycles. The van der Waals surface area contributed by atoms with E-state index < -0.39 is 9.84 Å². The molecule has 4 nitrogen and oxygen atoms in total. The number of nitrogens with zero attached hydrogens (tertiary/aromatic N) is 1. The van der Waals surface area contributed by atoms with Gasteiger partial charge in [-0.2, -0.15) is 0 Å². The second-order valence-corrected chi connectivity index (χ2v) is 9.23. The Morgan fingerprint density at radius 1 is 1.39 bits per heavy atom. The molecule has 0 amide bonds. The summed E-state index contributed by atoms with van der Waals surface area (Å²) in [6.07, 6.45) is 0.700. The van der Waals surface area contributed by atoms with Gasteiger partial charge < -0.3 is 5.73 Å². The second kappa shape index (κ2) is 6.00. The van der Waals surface area contributed by atoms with E-state index in [9.17, 15) is 8.42 Å². The zero-order valence-electron chi connectivity index (χ0n) is 10.0. The Hall–Kier alpha value is 0.0500. The van der Waals surface area contributed by atoms with Gasteiger partial charge in [-0.25, -0.2) is 8.42 Å². The summed E-state index contributed by atoms with van der Waals surface area (Å²) in [5.41, 5.74) is 5.86. The average Bonchev–Trinajstić information content (AvgIpc) is 2.64. The van der Waals surface area contributed by atoms with Crippen molar-refractivity contribution in [2.75, 3.05) is 31.1 Å². The molecule has 2 N–H and O–H groups in total. The van der Waals surface area contributed by atoms with E-state index in [-0.39, 0.29) is 11.8 Å². The van der Waals surface area contributed by atoms with Gasteiger partial charge in [0.1, 0.15) is 0 Å². The lowest BCUT2D eigenvalue weighted by Gasteiger charge is -2.28. The van der Waals surface area contributed by atoms with Crippen LogP contribution in [-0.2, 0) is 9.84 Å². The number of rotatable bonds is 3. The van der Waals surface area contributed by atoms with Gasteiger partial charge in [-0.15, -0.1) is 11.3 Å². The van der Waals surface area contributed by atoms with Crippen LogP contribution >= 0.6 is 27.3 Å². The summed E-state index contributed by atoms with van der Waals surface area (Å²) >= 11 is 5.12. The summed E-state index contributed by atoms with van der Waals surface area (Å²) in [5.74, 6) is 0.547. The fourth-order valence-corrected chi connectivity index (χ4v) is 5.08. The maximum absolute atomic E-state index is 11.6. The standard InChI is InChI=1S/C11H17BrN2O2S2/c12-11-3-2-10(17-11)9(8-13)14-4-1-6-18(15,16)7-5-14/h2-3,9H,1,4-8,13H2. The molecular weight excluding hydrogens is 336 g/mol. The minimum Gasteiger partial charge on any atom is -0.329 e. The van der Waals surface area contributed by atoms with Gasteiger partial charge in [0, 0.05) is 18.0 Å².